The fourth-order valence-electron chi connectivity index (χ4n) is 4.15. The van der Waals surface area contributed by atoms with E-state index in [1.54, 1.807) is 10.9 Å². The van der Waals surface area contributed by atoms with Crippen LogP contribution >= 0.6 is 0 Å². The highest BCUT2D eigenvalue weighted by Gasteiger charge is 2.33. The van der Waals surface area contributed by atoms with Gasteiger partial charge in [-0.3, -0.25) is 4.79 Å². The van der Waals surface area contributed by atoms with Crippen LogP contribution in [0.4, 0.5) is 5.82 Å². The minimum atomic E-state index is -0.160. The highest BCUT2D eigenvalue weighted by Crippen LogP contribution is 2.40. The van der Waals surface area contributed by atoms with E-state index in [0.717, 1.165) is 27.9 Å². The maximum absolute atomic E-state index is 12.7. The molecule has 0 aliphatic carbocycles. The number of nitrogens with zero attached hydrogens (tertiary/aromatic N) is 5. The summed E-state index contributed by atoms with van der Waals surface area (Å²) in [5.74, 6) is 3.73. The second kappa shape index (κ2) is 8.79. The average Bonchev–Trinajstić information content (AvgIpc) is 3.19. The minimum absolute atomic E-state index is 0.103. The van der Waals surface area contributed by atoms with Crippen molar-refractivity contribution in [1.82, 2.24) is 25.0 Å². The summed E-state index contributed by atoms with van der Waals surface area (Å²) in [4.78, 5) is 17.3. The standard InChI is InChI=1S/C26H22N6O2/c1-4-13-34-20-11-9-18(10-12-20)21-14-23(33)29-25-24(21)17(3)31-32(25)26-28-22(15-27-30-26)19-7-5-16(2)6-8-19/h1,5-12,15,21H,13-14H2,2-3H3,(H,29,33)/t21-/m0/s1. The van der Waals surface area contributed by atoms with Gasteiger partial charge in [0.25, 0.3) is 5.95 Å². The Bertz CT molecular complexity index is 1400. The predicted octanol–water partition coefficient (Wildman–Crippen LogP) is 3.83. The number of ether oxygens (including phenoxy) is 1. The molecule has 0 saturated heterocycles. The molecule has 0 bridgehead atoms. The normalized spacial score (nSPS) is 14.7. The molecular weight excluding hydrogens is 428 g/mol. The molecule has 0 unspecified atom stereocenters. The molecule has 1 atom stereocenters. The van der Waals surface area contributed by atoms with E-state index in [9.17, 15) is 4.79 Å². The molecule has 3 heterocycles. The molecule has 0 saturated carbocycles. The van der Waals surface area contributed by atoms with Gasteiger partial charge in [0.2, 0.25) is 5.91 Å². The van der Waals surface area contributed by atoms with E-state index < -0.39 is 0 Å². The molecule has 8 heteroatoms. The number of amides is 1. The Kier molecular flexibility index (Phi) is 5.52. The van der Waals surface area contributed by atoms with Gasteiger partial charge >= 0.3 is 0 Å². The largest absolute Gasteiger partial charge is 0.481 e. The van der Waals surface area contributed by atoms with E-state index in [1.165, 1.54) is 0 Å². The summed E-state index contributed by atoms with van der Waals surface area (Å²) in [6.45, 7) is 4.15. The Balaban J connectivity index is 1.53. The second-order valence-corrected chi connectivity index (χ2v) is 8.13. The van der Waals surface area contributed by atoms with Gasteiger partial charge in [-0.15, -0.1) is 11.5 Å². The lowest BCUT2D eigenvalue weighted by Gasteiger charge is -2.24. The molecular formula is C26H22N6O2. The van der Waals surface area contributed by atoms with Crippen molar-refractivity contribution in [3.63, 3.8) is 0 Å². The van der Waals surface area contributed by atoms with Crippen molar-refractivity contribution in [3.05, 3.63) is 77.1 Å². The van der Waals surface area contributed by atoms with Crippen molar-refractivity contribution < 1.29 is 9.53 Å². The summed E-state index contributed by atoms with van der Waals surface area (Å²) in [5, 5.41) is 16.0. The number of fused-ring (bicyclic) bond motifs is 1. The monoisotopic (exact) mass is 450 g/mol. The average molecular weight is 451 g/mol. The van der Waals surface area contributed by atoms with Crippen LogP contribution < -0.4 is 10.1 Å². The number of hydrogen-bond acceptors (Lipinski definition) is 6. The molecule has 5 rings (SSSR count). The van der Waals surface area contributed by atoms with Gasteiger partial charge in [-0.25, -0.2) is 4.98 Å². The molecule has 1 N–H and O–H groups in total. The van der Waals surface area contributed by atoms with Crippen LogP contribution in [0.3, 0.4) is 0 Å². The third-order valence-electron chi connectivity index (χ3n) is 5.79. The Labute approximate surface area is 197 Å². The van der Waals surface area contributed by atoms with Crippen molar-refractivity contribution >= 4 is 11.7 Å². The van der Waals surface area contributed by atoms with Crippen molar-refractivity contribution in [1.29, 1.82) is 0 Å². The van der Waals surface area contributed by atoms with Crippen molar-refractivity contribution in [2.75, 3.05) is 11.9 Å². The van der Waals surface area contributed by atoms with Crippen LogP contribution in [0.1, 0.15) is 34.7 Å². The maximum atomic E-state index is 12.7. The number of rotatable bonds is 5. The zero-order valence-electron chi connectivity index (χ0n) is 18.8. The lowest BCUT2D eigenvalue weighted by molar-refractivity contribution is -0.116. The molecule has 1 amide bonds. The highest BCUT2D eigenvalue weighted by molar-refractivity contribution is 5.95. The van der Waals surface area contributed by atoms with E-state index >= 15 is 0 Å². The molecule has 34 heavy (non-hydrogen) atoms. The van der Waals surface area contributed by atoms with Crippen LogP contribution in [0.25, 0.3) is 17.2 Å². The number of aryl methyl sites for hydroxylation is 2. The van der Waals surface area contributed by atoms with Gasteiger partial charge in [0, 0.05) is 23.5 Å². The first-order chi connectivity index (χ1) is 16.5. The molecule has 1 aliphatic rings. The fraction of sp³-hybridized carbons (Fsp3) is 0.192. The van der Waals surface area contributed by atoms with Crippen molar-refractivity contribution in [3.8, 4) is 35.3 Å². The topological polar surface area (TPSA) is 94.8 Å². The summed E-state index contributed by atoms with van der Waals surface area (Å²) in [6.07, 6.45) is 7.19. The summed E-state index contributed by atoms with van der Waals surface area (Å²) < 4.78 is 7.03. The minimum Gasteiger partial charge on any atom is -0.481 e. The van der Waals surface area contributed by atoms with Crippen molar-refractivity contribution in [2.24, 2.45) is 0 Å². The number of anilines is 1. The van der Waals surface area contributed by atoms with Crippen molar-refractivity contribution in [2.45, 2.75) is 26.2 Å². The molecule has 1 aliphatic heterocycles. The van der Waals surface area contributed by atoms with Crippen LogP contribution in [0.5, 0.6) is 5.75 Å². The van der Waals surface area contributed by atoms with E-state index in [2.05, 4.69) is 31.5 Å². The fourth-order valence-corrected chi connectivity index (χ4v) is 4.15. The predicted molar refractivity (Wildman–Crippen MR) is 128 cm³/mol. The van der Waals surface area contributed by atoms with E-state index in [4.69, 9.17) is 11.2 Å². The number of aromatic nitrogens is 5. The van der Waals surface area contributed by atoms with Crippen LogP contribution in [0, 0.1) is 26.2 Å². The summed E-state index contributed by atoms with van der Waals surface area (Å²) in [6, 6.07) is 15.6. The van der Waals surface area contributed by atoms with Gasteiger partial charge in [0.15, 0.2) is 0 Å². The first-order valence-corrected chi connectivity index (χ1v) is 10.9. The maximum Gasteiger partial charge on any atom is 0.272 e. The molecule has 0 radical (unpaired) electrons. The Morgan fingerprint density at radius 2 is 1.91 bits per heavy atom. The molecule has 4 aromatic rings. The number of carbonyl (C=O) groups excluding carboxylic acids is 1. The Morgan fingerprint density at radius 1 is 1.15 bits per heavy atom. The summed E-state index contributed by atoms with van der Waals surface area (Å²) in [7, 11) is 0. The lowest BCUT2D eigenvalue weighted by Crippen LogP contribution is -2.25. The highest BCUT2D eigenvalue weighted by atomic mass is 16.5. The number of hydrogen-bond donors (Lipinski definition) is 1. The molecule has 2 aromatic carbocycles. The van der Waals surface area contributed by atoms with Crippen LogP contribution in [0.15, 0.2) is 54.7 Å². The van der Waals surface area contributed by atoms with Crippen LogP contribution in [0.2, 0.25) is 0 Å². The molecule has 168 valence electrons. The van der Waals surface area contributed by atoms with E-state index in [0.29, 0.717) is 29.6 Å². The second-order valence-electron chi connectivity index (χ2n) is 8.13. The van der Waals surface area contributed by atoms with Crippen LogP contribution in [-0.4, -0.2) is 37.5 Å². The Morgan fingerprint density at radius 3 is 2.65 bits per heavy atom. The third kappa shape index (κ3) is 3.99. The molecule has 2 aromatic heterocycles. The third-order valence-corrected chi connectivity index (χ3v) is 5.79. The van der Waals surface area contributed by atoms with Gasteiger partial charge in [-0.1, -0.05) is 47.9 Å². The van der Waals surface area contributed by atoms with Gasteiger partial charge < -0.3 is 10.1 Å². The van der Waals surface area contributed by atoms with Crippen LogP contribution in [-0.2, 0) is 4.79 Å². The Hall–Kier alpha value is -4.51. The molecule has 0 spiro atoms. The SMILES string of the molecule is C#CCOc1ccc([C@@H]2CC(=O)Nc3c2c(C)nn3-c2nncc(-c3ccc(C)cc3)n2)cc1. The number of nitrogens with one attached hydrogen (secondary N) is 1. The van der Waals surface area contributed by atoms with E-state index in [1.807, 2.05) is 62.4 Å². The first kappa shape index (κ1) is 21.3. The summed E-state index contributed by atoms with van der Waals surface area (Å²) >= 11 is 0. The molecule has 0 fully saturated rings. The lowest BCUT2D eigenvalue weighted by atomic mass is 9.86. The quantitative estimate of drug-likeness (QED) is 0.465. The summed E-state index contributed by atoms with van der Waals surface area (Å²) in [5.41, 5.74) is 5.46. The van der Waals surface area contributed by atoms with Gasteiger partial charge in [0.1, 0.15) is 18.2 Å². The number of carbonyl (C=O) groups is 1. The molecule has 8 nitrogen and oxygen atoms in total. The zero-order valence-corrected chi connectivity index (χ0v) is 18.8. The zero-order chi connectivity index (χ0) is 23.7. The van der Waals surface area contributed by atoms with Gasteiger partial charge in [-0.05, 0) is 31.5 Å². The smallest absolute Gasteiger partial charge is 0.272 e. The number of terminal acetylenes is 1. The van der Waals surface area contributed by atoms with Gasteiger partial charge in [0.05, 0.1) is 17.6 Å². The van der Waals surface area contributed by atoms with E-state index in [-0.39, 0.29) is 18.4 Å². The first-order valence-electron chi connectivity index (χ1n) is 10.9. The number of benzene rings is 2. The van der Waals surface area contributed by atoms with Gasteiger partial charge in [-0.2, -0.15) is 14.9 Å².